The minimum Gasteiger partial charge on any atom is -0.380 e. The van der Waals surface area contributed by atoms with Crippen molar-refractivity contribution < 1.29 is 61.5 Å². The van der Waals surface area contributed by atoms with Crippen LogP contribution in [0.15, 0.2) is 0 Å². The number of carbonyl (C=O) groups is 1. The third-order valence-electron chi connectivity index (χ3n) is 18.1. The maximum atomic E-state index is 13.0. The molecular weight excluding hydrogens is 1230 g/mol. The second-order valence-corrected chi connectivity index (χ2v) is 30.4. The van der Waals surface area contributed by atoms with Gasteiger partial charge in [0.25, 0.3) is 0 Å². The van der Waals surface area contributed by atoms with Crippen molar-refractivity contribution in [1.29, 1.82) is 0 Å². The summed E-state index contributed by atoms with van der Waals surface area (Å²) in [5.74, 6) is 0. The van der Waals surface area contributed by atoms with Crippen LogP contribution >= 0.6 is 15.6 Å². The first kappa shape index (κ1) is 93.2. The highest BCUT2D eigenvalue weighted by molar-refractivity contribution is 7.47. The molecule has 2 amide bonds. The molecule has 0 aromatic rings. The zero-order chi connectivity index (χ0) is 68.6. The quantitative estimate of drug-likeness (QED) is 0.0161. The molecule has 19 heteroatoms. The first-order valence-electron chi connectivity index (χ1n) is 40.2. The van der Waals surface area contributed by atoms with Gasteiger partial charge in [-0.2, -0.15) is 0 Å². The second kappa shape index (κ2) is 73.5. The van der Waals surface area contributed by atoms with E-state index in [4.69, 9.17) is 27.6 Å². The monoisotopic (exact) mass is 1380 g/mol. The van der Waals surface area contributed by atoms with Gasteiger partial charge in [0.1, 0.15) is 12.5 Å². The molecule has 0 spiro atoms. The number of phosphoric acid groups is 2. The van der Waals surface area contributed by atoms with Gasteiger partial charge < -0.3 is 40.1 Å². The number of hydrogen-bond acceptors (Lipinski definition) is 13. The number of nitrogens with one attached hydrogen (secondary N) is 4. The van der Waals surface area contributed by atoms with Gasteiger partial charge in [-0.05, 0) is 38.5 Å². The van der Waals surface area contributed by atoms with Crippen molar-refractivity contribution in [3.05, 3.63) is 0 Å². The van der Waals surface area contributed by atoms with Crippen molar-refractivity contribution in [2.45, 2.75) is 412 Å². The van der Waals surface area contributed by atoms with E-state index in [1.165, 1.54) is 283 Å². The van der Waals surface area contributed by atoms with Gasteiger partial charge in [-0.1, -0.05) is 349 Å². The highest BCUT2D eigenvalue weighted by atomic mass is 31.2. The van der Waals surface area contributed by atoms with Crippen molar-refractivity contribution in [3.8, 4) is 0 Å². The lowest BCUT2D eigenvalue weighted by Gasteiger charge is -2.24. The number of rotatable bonds is 80. The summed E-state index contributed by atoms with van der Waals surface area (Å²) in [4.78, 5) is 33.7. The number of hydrogen-bond donors (Lipinski definition) is 8. The van der Waals surface area contributed by atoms with Gasteiger partial charge in [-0.15, -0.1) is 0 Å². The van der Waals surface area contributed by atoms with Crippen molar-refractivity contribution in [1.82, 2.24) is 21.3 Å². The first-order valence-corrected chi connectivity index (χ1v) is 43.2. The van der Waals surface area contributed by atoms with E-state index in [2.05, 4.69) is 49.0 Å². The number of phosphoric ester groups is 2. The summed E-state index contributed by atoms with van der Waals surface area (Å²) in [6, 6.07) is -1.77. The zero-order valence-electron chi connectivity index (χ0n) is 61.8. The summed E-state index contributed by atoms with van der Waals surface area (Å²) in [5, 5.41) is 33.2. The second-order valence-electron chi connectivity index (χ2n) is 27.5. The van der Waals surface area contributed by atoms with Crippen LogP contribution in [0.4, 0.5) is 4.79 Å². The fourth-order valence-corrected chi connectivity index (χ4v) is 13.6. The van der Waals surface area contributed by atoms with Gasteiger partial charge in [-0.25, -0.2) is 13.9 Å². The number of ether oxygens (including phenoxy) is 2. The number of urea groups is 1. The van der Waals surface area contributed by atoms with Gasteiger partial charge >= 0.3 is 21.7 Å². The molecule has 4 unspecified atom stereocenters. The molecule has 0 aliphatic rings. The Hall–Kier alpha value is -0.750. The lowest BCUT2D eigenvalue weighted by molar-refractivity contribution is 0.0399. The molecule has 94 heavy (non-hydrogen) atoms. The third kappa shape index (κ3) is 72.5. The van der Waals surface area contributed by atoms with Crippen LogP contribution in [0.3, 0.4) is 0 Å². The molecule has 17 nitrogen and oxygen atoms in total. The molecule has 0 rings (SSSR count). The van der Waals surface area contributed by atoms with Crippen LogP contribution in [-0.4, -0.2) is 117 Å². The van der Waals surface area contributed by atoms with E-state index in [1.54, 1.807) is 0 Å². The summed E-state index contributed by atoms with van der Waals surface area (Å²) >= 11 is 0. The van der Waals surface area contributed by atoms with E-state index >= 15 is 0 Å². The number of unbranched alkanes of at least 4 members (excludes halogenated alkanes) is 50. The Morgan fingerprint density at radius 1 is 0.298 bits per heavy atom. The lowest BCUT2D eigenvalue weighted by Crippen LogP contribution is -2.44. The van der Waals surface area contributed by atoms with E-state index in [9.17, 15) is 33.9 Å². The van der Waals surface area contributed by atoms with Crippen LogP contribution in [0, 0.1) is 0 Å². The highest BCUT2D eigenvalue weighted by Crippen LogP contribution is 2.44. The maximum absolute atomic E-state index is 13.0. The molecule has 6 atom stereocenters. The molecule has 564 valence electrons. The SMILES string of the molecule is CCCCCCCCCCCCCCCCCCOC[C@@H](COP(=O)(O)OCCNC(=O)NCCOP(=O)(O)OC[C@H](COCCCCCCCCCCCCCCCCCC)NC(O)CCCCCCCCCCCCC)NC(O)CCCCCCCCCCCCC. The summed E-state index contributed by atoms with van der Waals surface area (Å²) in [7, 11) is -9.10. The van der Waals surface area contributed by atoms with E-state index in [0.717, 1.165) is 64.2 Å². The molecule has 8 N–H and O–H groups in total. The molecule has 0 heterocycles. The van der Waals surface area contributed by atoms with Crippen LogP contribution in [0.25, 0.3) is 0 Å². The van der Waals surface area contributed by atoms with Crippen LogP contribution < -0.4 is 21.3 Å². The topological polar surface area (TPSA) is 236 Å². The van der Waals surface area contributed by atoms with Crippen LogP contribution in [0.1, 0.15) is 387 Å². The van der Waals surface area contributed by atoms with Crippen LogP contribution in [0.5, 0.6) is 0 Å². The van der Waals surface area contributed by atoms with Crippen molar-refractivity contribution in [2.75, 3.05) is 65.9 Å². The summed E-state index contributed by atoms with van der Waals surface area (Å²) in [6.07, 6.45) is 67.4. The smallest absolute Gasteiger partial charge is 0.380 e. The number of aliphatic hydroxyl groups is 2. The predicted molar refractivity (Wildman–Crippen MR) is 394 cm³/mol. The molecule has 0 aliphatic carbocycles. The average molecular weight is 1380 g/mol. The molecule has 0 saturated heterocycles. The average Bonchev–Trinajstić information content (AvgIpc) is 3.75. The minimum atomic E-state index is -4.55. The van der Waals surface area contributed by atoms with Crippen LogP contribution in [0.2, 0.25) is 0 Å². The highest BCUT2D eigenvalue weighted by Gasteiger charge is 2.26. The molecule has 0 bridgehead atoms. The van der Waals surface area contributed by atoms with E-state index in [1.807, 2.05) is 0 Å². The molecule has 0 radical (unpaired) electrons. The van der Waals surface area contributed by atoms with Crippen molar-refractivity contribution >= 4 is 21.7 Å². The van der Waals surface area contributed by atoms with Crippen molar-refractivity contribution in [3.63, 3.8) is 0 Å². The Bertz CT molecular complexity index is 1520. The standard InChI is InChI=1S/C75H156N4O13P2/c1-5-9-13-17-21-25-29-31-33-35-37-41-45-49-53-57-63-87-67-71(78-73(80)59-55-51-47-43-39-27-23-19-15-11-7-3)69-91-93(83,84)89-65-61-76-75(82)77-62-66-90-94(85,86)92-70-72(79-74(81)60-56-52-48-44-40-28-24-20-16-12-8-4)68-88-64-58-54-50-46-42-38-36-34-32-30-26-22-18-14-10-6-2/h71-74,78-81H,5-70H2,1-4H3,(H,83,84)(H,85,86)(H2,76,77,82)/t71-,72-,73?,74?/m0/s1. The van der Waals surface area contributed by atoms with Gasteiger partial charge in [0.05, 0.1) is 51.7 Å². The number of aliphatic hydroxyl groups excluding tert-OH is 2. The van der Waals surface area contributed by atoms with Gasteiger partial charge in [0.2, 0.25) is 0 Å². The summed E-state index contributed by atoms with van der Waals surface area (Å²) in [5.41, 5.74) is 0. The molecule has 0 aromatic heterocycles. The molecule has 0 fully saturated rings. The number of carbonyl (C=O) groups excluding carboxylic acids is 1. The zero-order valence-corrected chi connectivity index (χ0v) is 63.6. The van der Waals surface area contributed by atoms with E-state index in [-0.39, 0.29) is 52.7 Å². The first-order chi connectivity index (χ1) is 45.9. The normalized spacial score (nSPS) is 14.5. The third-order valence-corrected chi connectivity index (χ3v) is 20.1. The maximum Gasteiger partial charge on any atom is 0.472 e. The Labute approximate surface area is 579 Å². The fraction of sp³-hybridized carbons (Fsp3) is 0.987. The van der Waals surface area contributed by atoms with Gasteiger partial charge in [-0.3, -0.25) is 28.7 Å². The largest absolute Gasteiger partial charge is 0.472 e. The molecule has 0 saturated carbocycles. The minimum absolute atomic E-state index is 0.134. The summed E-state index contributed by atoms with van der Waals surface area (Å²) in [6.45, 7) is 9.09. The van der Waals surface area contributed by atoms with Crippen LogP contribution in [-0.2, 0) is 36.7 Å². The number of amides is 2. The predicted octanol–water partition coefficient (Wildman–Crippen LogP) is 21.1. The molecule has 0 aromatic carbocycles. The van der Waals surface area contributed by atoms with Crippen molar-refractivity contribution in [2.24, 2.45) is 0 Å². The Morgan fingerprint density at radius 3 is 0.745 bits per heavy atom. The fourth-order valence-electron chi connectivity index (χ4n) is 12.1. The Kier molecular flexibility index (Phi) is 72.9. The Balaban J connectivity index is 4.86. The van der Waals surface area contributed by atoms with E-state index < -0.39 is 46.2 Å². The van der Waals surface area contributed by atoms with Gasteiger partial charge in [0.15, 0.2) is 0 Å². The lowest BCUT2D eigenvalue weighted by atomic mass is 10.0. The Morgan fingerprint density at radius 2 is 0.511 bits per heavy atom. The van der Waals surface area contributed by atoms with E-state index in [0.29, 0.717) is 26.1 Å². The van der Waals surface area contributed by atoms with Gasteiger partial charge in [0, 0.05) is 26.3 Å². The molecular formula is C75H156N4O13P2. The summed E-state index contributed by atoms with van der Waals surface area (Å²) < 4.78 is 59.1. The molecule has 0 aliphatic heterocycles.